The fraction of sp³-hybridized carbons (Fsp3) is 0.677. The second kappa shape index (κ2) is 10.9. The van der Waals surface area contributed by atoms with Crippen molar-refractivity contribution in [3.05, 3.63) is 34.9 Å². The third-order valence-corrected chi connectivity index (χ3v) is 9.49. The van der Waals surface area contributed by atoms with E-state index in [0.717, 1.165) is 42.2 Å². The van der Waals surface area contributed by atoms with Crippen molar-refractivity contribution in [3.8, 4) is 11.4 Å². The number of nitrogens with zero attached hydrogens (tertiary/aromatic N) is 3. The summed E-state index contributed by atoms with van der Waals surface area (Å²) in [5, 5.41) is 13.9. The van der Waals surface area contributed by atoms with Crippen LogP contribution < -0.4 is 11.1 Å². The van der Waals surface area contributed by atoms with Gasteiger partial charge < -0.3 is 25.5 Å². The molecule has 218 valence electrons. The number of hydrogen-bond acceptors (Lipinski definition) is 6. The zero-order chi connectivity index (χ0) is 28.7. The summed E-state index contributed by atoms with van der Waals surface area (Å²) in [4.78, 5) is 35.6. The molecule has 0 unspecified atom stereocenters. The first-order valence-electron chi connectivity index (χ1n) is 14.9. The van der Waals surface area contributed by atoms with Gasteiger partial charge in [0.05, 0.1) is 28.1 Å². The van der Waals surface area contributed by atoms with E-state index in [1.165, 1.54) is 32.1 Å². The predicted octanol–water partition coefficient (Wildman–Crippen LogP) is 4.12. The van der Waals surface area contributed by atoms with E-state index in [1.807, 2.05) is 19.1 Å². The first-order valence-corrected chi connectivity index (χ1v) is 14.9. The van der Waals surface area contributed by atoms with Crippen molar-refractivity contribution in [3.63, 3.8) is 0 Å². The average Bonchev–Trinajstić information content (AvgIpc) is 3.61. The number of nitrogens with two attached hydrogens (primary N) is 1. The van der Waals surface area contributed by atoms with Gasteiger partial charge in [0, 0.05) is 37.4 Å². The minimum absolute atomic E-state index is 0.0134. The molecule has 3 fully saturated rings. The topological polar surface area (TPSA) is 132 Å². The minimum atomic E-state index is -1.20. The first-order chi connectivity index (χ1) is 18.9. The van der Waals surface area contributed by atoms with Crippen molar-refractivity contribution in [2.75, 3.05) is 19.8 Å². The zero-order valence-corrected chi connectivity index (χ0v) is 24.5. The number of carbonyl (C=O) groups is 2. The maximum absolute atomic E-state index is 13.6. The van der Waals surface area contributed by atoms with E-state index in [-0.39, 0.29) is 17.9 Å². The van der Waals surface area contributed by atoms with Gasteiger partial charge in [0.2, 0.25) is 5.91 Å². The van der Waals surface area contributed by atoms with E-state index in [9.17, 15) is 14.7 Å². The molecule has 0 atom stereocenters. The molecular weight excluding hydrogens is 506 g/mol. The highest BCUT2D eigenvalue weighted by Gasteiger charge is 2.42. The van der Waals surface area contributed by atoms with Crippen LogP contribution in [0.5, 0.6) is 0 Å². The molecule has 2 saturated carbocycles. The number of amides is 2. The number of aromatic nitrogens is 3. The summed E-state index contributed by atoms with van der Waals surface area (Å²) in [5.74, 6) is 0.306. The van der Waals surface area contributed by atoms with Gasteiger partial charge in [0.25, 0.3) is 5.91 Å². The smallest absolute Gasteiger partial charge is 0.253 e. The van der Waals surface area contributed by atoms with Crippen LogP contribution in [-0.4, -0.2) is 51.2 Å². The summed E-state index contributed by atoms with van der Waals surface area (Å²) in [5.41, 5.74) is 7.76. The third-order valence-electron chi connectivity index (χ3n) is 9.49. The van der Waals surface area contributed by atoms with Gasteiger partial charge in [-0.15, -0.1) is 0 Å². The lowest BCUT2D eigenvalue weighted by molar-refractivity contribution is -0.132. The van der Waals surface area contributed by atoms with Gasteiger partial charge in [-0.1, -0.05) is 26.2 Å². The summed E-state index contributed by atoms with van der Waals surface area (Å²) < 4.78 is 7.68. The molecule has 0 aromatic carbocycles. The lowest BCUT2D eigenvalue weighted by atomic mass is 9.79. The Hall–Kier alpha value is -2.78. The van der Waals surface area contributed by atoms with E-state index in [2.05, 4.69) is 16.8 Å². The van der Waals surface area contributed by atoms with Crippen LogP contribution >= 0.6 is 0 Å². The number of rotatable bonds is 9. The number of aliphatic hydroxyl groups is 1. The zero-order valence-electron chi connectivity index (χ0n) is 24.5. The highest BCUT2D eigenvalue weighted by Crippen LogP contribution is 2.47. The average molecular weight is 552 g/mol. The molecule has 1 aliphatic heterocycles. The largest absolute Gasteiger partial charge is 0.382 e. The van der Waals surface area contributed by atoms with E-state index >= 15 is 0 Å². The van der Waals surface area contributed by atoms with Gasteiger partial charge in [0.1, 0.15) is 5.60 Å². The molecule has 3 heterocycles. The molecule has 0 spiro atoms. The van der Waals surface area contributed by atoms with Crippen LogP contribution in [0.25, 0.3) is 11.4 Å². The number of primary amides is 1. The molecule has 9 nitrogen and oxygen atoms in total. The van der Waals surface area contributed by atoms with Crippen molar-refractivity contribution in [1.82, 2.24) is 19.9 Å². The van der Waals surface area contributed by atoms with Crippen molar-refractivity contribution in [1.29, 1.82) is 0 Å². The van der Waals surface area contributed by atoms with Crippen LogP contribution in [-0.2, 0) is 27.1 Å². The Kier molecular flexibility index (Phi) is 7.83. The number of ether oxygens (including phenoxy) is 1. The molecule has 2 aromatic rings. The van der Waals surface area contributed by atoms with Gasteiger partial charge >= 0.3 is 0 Å². The number of hydrogen-bond donors (Lipinski definition) is 3. The van der Waals surface area contributed by atoms with Crippen molar-refractivity contribution < 1.29 is 19.4 Å². The van der Waals surface area contributed by atoms with Crippen LogP contribution in [0.1, 0.15) is 106 Å². The Morgan fingerprint density at radius 1 is 1.12 bits per heavy atom. The first kappa shape index (κ1) is 28.7. The molecule has 1 saturated heterocycles. The van der Waals surface area contributed by atoms with Crippen LogP contribution in [0.4, 0.5) is 0 Å². The third kappa shape index (κ3) is 5.81. The van der Waals surface area contributed by atoms with Gasteiger partial charge in [-0.05, 0) is 77.3 Å². The van der Waals surface area contributed by atoms with E-state index in [1.54, 1.807) is 13.8 Å². The maximum atomic E-state index is 13.6. The van der Waals surface area contributed by atoms with Gasteiger partial charge in [-0.2, -0.15) is 0 Å². The summed E-state index contributed by atoms with van der Waals surface area (Å²) in [6.07, 6.45) is 9.17. The Labute approximate surface area is 237 Å². The highest BCUT2D eigenvalue weighted by molar-refractivity contribution is 5.97. The molecule has 2 aliphatic carbocycles. The fourth-order valence-electron chi connectivity index (χ4n) is 6.17. The van der Waals surface area contributed by atoms with Gasteiger partial charge in [0.15, 0.2) is 5.82 Å². The molecular formula is C31H45N5O4. The molecule has 3 aliphatic rings. The van der Waals surface area contributed by atoms with Gasteiger partial charge in [-0.3, -0.25) is 9.59 Å². The molecule has 5 rings (SSSR count). The van der Waals surface area contributed by atoms with E-state index in [4.69, 9.17) is 20.4 Å². The quantitative estimate of drug-likeness (QED) is 0.429. The maximum Gasteiger partial charge on any atom is 0.253 e. The summed E-state index contributed by atoms with van der Waals surface area (Å²) in [6, 6.07) is 3.96. The second-order valence-corrected chi connectivity index (χ2v) is 13.2. The molecule has 2 aromatic heterocycles. The fourth-order valence-corrected chi connectivity index (χ4v) is 6.17. The predicted molar refractivity (Wildman–Crippen MR) is 153 cm³/mol. The highest BCUT2D eigenvalue weighted by atomic mass is 16.5. The molecule has 40 heavy (non-hydrogen) atoms. The van der Waals surface area contributed by atoms with Crippen molar-refractivity contribution >= 4 is 11.8 Å². The molecule has 0 radical (unpaired) electrons. The lowest BCUT2D eigenvalue weighted by Gasteiger charge is -2.34. The van der Waals surface area contributed by atoms with Gasteiger partial charge in [-0.25, -0.2) is 9.97 Å². The Morgan fingerprint density at radius 3 is 2.40 bits per heavy atom. The van der Waals surface area contributed by atoms with Crippen molar-refractivity contribution in [2.24, 2.45) is 17.1 Å². The number of nitrogens with one attached hydrogen (secondary N) is 1. The van der Waals surface area contributed by atoms with Crippen LogP contribution in [0.15, 0.2) is 12.1 Å². The normalized spacial score (nSPS) is 20.7. The van der Waals surface area contributed by atoms with Crippen LogP contribution in [0.3, 0.4) is 0 Å². The van der Waals surface area contributed by atoms with Crippen LogP contribution in [0.2, 0.25) is 0 Å². The number of carbonyl (C=O) groups excluding carboxylic acids is 2. The van der Waals surface area contributed by atoms with E-state index < -0.39 is 16.9 Å². The monoisotopic (exact) mass is 551 g/mol. The molecule has 9 heteroatoms. The SMILES string of the molecule is Cc1c(C(=O)NCC2(C(N)=O)CCOCC2)cc(-c2cc(C3(C)CC3)nc(C(C)(C)O)n2)n1CC1CCCCC1. The summed E-state index contributed by atoms with van der Waals surface area (Å²) >= 11 is 0. The minimum Gasteiger partial charge on any atom is -0.382 e. The van der Waals surface area contributed by atoms with E-state index in [0.29, 0.717) is 43.4 Å². The molecule has 0 bridgehead atoms. The summed E-state index contributed by atoms with van der Waals surface area (Å²) in [7, 11) is 0. The standard InChI is InChI=1S/C31H45N5O4/c1-20-22(26(37)33-19-31(27(32)38)12-14-40-15-13-31)16-24(36(20)18-21-8-6-5-7-9-21)23-17-25(30(4)10-11-30)35-28(34-23)29(2,3)39/h16-17,21,39H,5-15,18-19H2,1-4H3,(H2,32,38)(H,33,37). The molecule has 2 amide bonds. The van der Waals surface area contributed by atoms with Crippen LogP contribution in [0, 0.1) is 18.3 Å². The van der Waals surface area contributed by atoms with Crippen molar-refractivity contribution in [2.45, 2.75) is 103 Å². The second-order valence-electron chi connectivity index (χ2n) is 13.2. The lowest BCUT2D eigenvalue weighted by Crippen LogP contribution is -2.49. The Bertz CT molecular complexity index is 1240. The Morgan fingerprint density at radius 2 is 1.80 bits per heavy atom. The Balaban J connectivity index is 1.52. The summed E-state index contributed by atoms with van der Waals surface area (Å²) in [6.45, 7) is 9.51. The molecule has 4 N–H and O–H groups in total.